The van der Waals surface area contributed by atoms with E-state index in [4.69, 9.17) is 9.47 Å². The molecular formula is C21H18FNO3S. The van der Waals surface area contributed by atoms with Gasteiger partial charge in [0.1, 0.15) is 12.4 Å². The Kier molecular flexibility index (Phi) is 4.81. The summed E-state index contributed by atoms with van der Waals surface area (Å²) in [7, 11) is 1.59. The Hall–Kier alpha value is -2.86. The number of fused-ring (bicyclic) bond motifs is 1. The molecule has 1 N–H and O–H groups in total. The van der Waals surface area contributed by atoms with Crippen LogP contribution in [0.3, 0.4) is 0 Å². The zero-order valence-electron chi connectivity index (χ0n) is 14.7. The number of anilines is 1. The average Bonchev–Trinajstić information content (AvgIpc) is 3.15. The van der Waals surface area contributed by atoms with E-state index in [2.05, 4.69) is 5.32 Å². The Morgan fingerprint density at radius 3 is 2.78 bits per heavy atom. The highest BCUT2D eigenvalue weighted by Gasteiger charge is 2.30. The average molecular weight is 383 g/mol. The quantitative estimate of drug-likeness (QED) is 0.678. The lowest BCUT2D eigenvalue weighted by molar-refractivity contribution is -0.116. The molecule has 0 bridgehead atoms. The first-order valence-electron chi connectivity index (χ1n) is 8.57. The van der Waals surface area contributed by atoms with Crippen molar-refractivity contribution in [2.45, 2.75) is 18.9 Å². The van der Waals surface area contributed by atoms with Crippen LogP contribution < -0.4 is 14.8 Å². The minimum Gasteiger partial charge on any atom is -0.493 e. The van der Waals surface area contributed by atoms with E-state index in [1.807, 2.05) is 29.6 Å². The summed E-state index contributed by atoms with van der Waals surface area (Å²) >= 11 is 1.62. The van der Waals surface area contributed by atoms with Gasteiger partial charge in [0.25, 0.3) is 0 Å². The fraction of sp³-hybridized carbons (Fsp3) is 0.190. The van der Waals surface area contributed by atoms with Crippen molar-refractivity contribution in [1.29, 1.82) is 0 Å². The molecule has 1 unspecified atom stereocenters. The summed E-state index contributed by atoms with van der Waals surface area (Å²) in [5, 5.41) is 4.89. The minimum atomic E-state index is -0.282. The van der Waals surface area contributed by atoms with Crippen molar-refractivity contribution in [3.8, 4) is 11.5 Å². The lowest BCUT2D eigenvalue weighted by Crippen LogP contribution is -2.22. The van der Waals surface area contributed by atoms with Gasteiger partial charge in [0.2, 0.25) is 5.91 Å². The normalized spacial score (nSPS) is 15.8. The molecule has 0 saturated heterocycles. The molecule has 2 heterocycles. The van der Waals surface area contributed by atoms with Gasteiger partial charge >= 0.3 is 0 Å². The summed E-state index contributed by atoms with van der Waals surface area (Å²) < 4.78 is 24.7. The molecule has 138 valence electrons. The molecule has 4 rings (SSSR count). The third-order valence-electron chi connectivity index (χ3n) is 4.58. The molecule has 4 nitrogen and oxygen atoms in total. The summed E-state index contributed by atoms with van der Waals surface area (Å²) in [6.45, 7) is 0.282. The van der Waals surface area contributed by atoms with Gasteiger partial charge in [-0.05, 0) is 35.2 Å². The number of methoxy groups -OCH3 is 1. The van der Waals surface area contributed by atoms with Crippen LogP contribution in [-0.4, -0.2) is 13.0 Å². The molecule has 0 spiro atoms. The third-order valence-corrected chi connectivity index (χ3v) is 5.61. The maximum Gasteiger partial charge on any atom is 0.225 e. The Labute approximate surface area is 160 Å². The zero-order valence-corrected chi connectivity index (χ0v) is 15.5. The summed E-state index contributed by atoms with van der Waals surface area (Å²) in [4.78, 5) is 13.3. The van der Waals surface area contributed by atoms with Crippen LogP contribution in [-0.2, 0) is 11.4 Å². The van der Waals surface area contributed by atoms with Crippen molar-refractivity contribution in [2.75, 3.05) is 12.4 Å². The molecule has 2 aromatic carbocycles. The molecule has 0 fully saturated rings. The van der Waals surface area contributed by atoms with Crippen molar-refractivity contribution >= 4 is 22.9 Å². The van der Waals surface area contributed by atoms with Gasteiger partial charge in [-0.2, -0.15) is 0 Å². The summed E-state index contributed by atoms with van der Waals surface area (Å²) in [6.07, 6.45) is 0.355. The number of para-hydroxylation sites is 1. The number of halogens is 1. The van der Waals surface area contributed by atoms with Crippen LogP contribution in [0.2, 0.25) is 0 Å². The Balaban J connectivity index is 1.69. The number of thiophene rings is 1. The van der Waals surface area contributed by atoms with Crippen LogP contribution in [0.4, 0.5) is 10.1 Å². The zero-order chi connectivity index (χ0) is 18.8. The first kappa shape index (κ1) is 17.5. The van der Waals surface area contributed by atoms with Gasteiger partial charge in [0, 0.05) is 22.8 Å². The second-order valence-electron chi connectivity index (χ2n) is 6.30. The molecule has 27 heavy (non-hydrogen) atoms. The smallest absolute Gasteiger partial charge is 0.225 e. The molecule has 1 aromatic heterocycles. The fourth-order valence-electron chi connectivity index (χ4n) is 3.28. The molecule has 3 aromatic rings. The fourth-order valence-corrected chi connectivity index (χ4v) is 4.25. The van der Waals surface area contributed by atoms with Crippen LogP contribution in [0, 0.1) is 5.82 Å². The molecule has 6 heteroatoms. The maximum atomic E-state index is 13.1. The van der Waals surface area contributed by atoms with E-state index in [-0.39, 0.29) is 24.2 Å². The van der Waals surface area contributed by atoms with Crippen LogP contribution in [0.5, 0.6) is 11.5 Å². The lowest BCUT2D eigenvalue weighted by atomic mass is 9.89. The minimum absolute atomic E-state index is 0.0156. The second-order valence-corrected chi connectivity index (χ2v) is 7.24. The number of hydrogen-bond donors (Lipinski definition) is 1. The molecule has 0 aliphatic carbocycles. The first-order valence-corrected chi connectivity index (χ1v) is 9.45. The van der Waals surface area contributed by atoms with Crippen LogP contribution in [0.15, 0.2) is 53.9 Å². The van der Waals surface area contributed by atoms with E-state index in [0.717, 1.165) is 21.7 Å². The Morgan fingerprint density at radius 1 is 1.19 bits per heavy atom. The highest BCUT2D eigenvalue weighted by atomic mass is 32.1. The van der Waals surface area contributed by atoms with Crippen LogP contribution >= 0.6 is 11.3 Å². The van der Waals surface area contributed by atoms with Gasteiger partial charge in [-0.3, -0.25) is 4.79 Å². The van der Waals surface area contributed by atoms with Gasteiger partial charge in [-0.15, -0.1) is 11.3 Å². The Bertz CT molecular complexity index is 968. The monoisotopic (exact) mass is 383 g/mol. The molecule has 1 aliphatic rings. The predicted molar refractivity (Wildman–Crippen MR) is 103 cm³/mol. The summed E-state index contributed by atoms with van der Waals surface area (Å²) in [6, 6.07) is 13.8. The highest BCUT2D eigenvalue weighted by molar-refractivity contribution is 7.10. The topological polar surface area (TPSA) is 47.6 Å². The van der Waals surface area contributed by atoms with E-state index >= 15 is 0 Å². The van der Waals surface area contributed by atoms with Gasteiger partial charge in [0.15, 0.2) is 11.5 Å². The van der Waals surface area contributed by atoms with E-state index < -0.39 is 0 Å². The number of carbonyl (C=O) groups is 1. The van der Waals surface area contributed by atoms with Gasteiger partial charge in [-0.1, -0.05) is 24.3 Å². The van der Waals surface area contributed by atoms with Gasteiger partial charge in [-0.25, -0.2) is 4.39 Å². The molecule has 1 amide bonds. The number of nitrogens with one attached hydrogen (secondary N) is 1. The van der Waals surface area contributed by atoms with Crippen molar-refractivity contribution in [2.24, 2.45) is 0 Å². The predicted octanol–water partition coefficient (Wildman–Crippen LogP) is 4.95. The SMILES string of the molecule is COc1cccc(C2CC(=O)Nc3ccsc32)c1OCc1ccc(F)cc1. The maximum absolute atomic E-state index is 13.1. The van der Waals surface area contributed by atoms with E-state index in [9.17, 15) is 9.18 Å². The van der Waals surface area contributed by atoms with E-state index in [0.29, 0.717) is 17.9 Å². The van der Waals surface area contributed by atoms with Crippen molar-refractivity contribution in [3.05, 3.63) is 75.7 Å². The second kappa shape index (κ2) is 7.40. The lowest BCUT2D eigenvalue weighted by Gasteiger charge is -2.25. The van der Waals surface area contributed by atoms with Crippen LogP contribution in [0.1, 0.15) is 28.3 Å². The number of rotatable bonds is 5. The largest absolute Gasteiger partial charge is 0.493 e. The van der Waals surface area contributed by atoms with E-state index in [1.165, 1.54) is 12.1 Å². The third kappa shape index (κ3) is 3.53. The number of carbonyl (C=O) groups excluding carboxylic acids is 1. The van der Waals surface area contributed by atoms with Gasteiger partial charge < -0.3 is 14.8 Å². The molecular weight excluding hydrogens is 365 g/mol. The molecule has 0 saturated carbocycles. The highest BCUT2D eigenvalue weighted by Crippen LogP contribution is 2.46. The van der Waals surface area contributed by atoms with Crippen molar-refractivity contribution < 1.29 is 18.7 Å². The van der Waals surface area contributed by atoms with Crippen molar-refractivity contribution in [3.63, 3.8) is 0 Å². The van der Waals surface area contributed by atoms with Crippen LogP contribution in [0.25, 0.3) is 0 Å². The molecule has 1 aliphatic heterocycles. The number of amides is 1. The number of ether oxygens (including phenoxy) is 2. The summed E-state index contributed by atoms with van der Waals surface area (Å²) in [5.41, 5.74) is 2.62. The Morgan fingerprint density at radius 2 is 2.00 bits per heavy atom. The molecule has 1 atom stereocenters. The summed E-state index contributed by atoms with van der Waals surface area (Å²) in [5.74, 6) is 0.836. The standard InChI is InChI=1S/C21H18FNO3S/c1-25-18-4-2-3-15(16-11-19(24)23-17-9-10-27-21(16)17)20(18)26-12-13-5-7-14(22)8-6-13/h2-10,16H,11-12H2,1H3,(H,23,24). The number of benzene rings is 2. The van der Waals surface area contributed by atoms with Crippen molar-refractivity contribution in [1.82, 2.24) is 0 Å². The first-order chi connectivity index (χ1) is 13.2. The van der Waals surface area contributed by atoms with Gasteiger partial charge in [0.05, 0.1) is 12.8 Å². The number of hydrogen-bond acceptors (Lipinski definition) is 4. The molecule has 0 radical (unpaired) electrons. The van der Waals surface area contributed by atoms with E-state index in [1.54, 1.807) is 30.6 Å².